The van der Waals surface area contributed by atoms with E-state index in [4.69, 9.17) is 0 Å². The third-order valence-electron chi connectivity index (χ3n) is 5.34. The van der Waals surface area contributed by atoms with E-state index in [2.05, 4.69) is 4.98 Å². The van der Waals surface area contributed by atoms with Crippen molar-refractivity contribution in [3.05, 3.63) is 65.4 Å². The number of sulfonamides is 1. The highest BCUT2D eigenvalue weighted by Crippen LogP contribution is 2.25. The average Bonchev–Trinajstić information content (AvgIpc) is 3.10. The van der Waals surface area contributed by atoms with Crippen molar-refractivity contribution in [1.29, 1.82) is 0 Å². The number of rotatable bonds is 4. The maximum Gasteiger partial charge on any atom is 0.242 e. The van der Waals surface area contributed by atoms with Crippen molar-refractivity contribution in [2.45, 2.75) is 24.3 Å². The molecule has 1 aliphatic rings. The lowest BCUT2D eigenvalue weighted by Crippen LogP contribution is -2.37. The summed E-state index contributed by atoms with van der Waals surface area (Å²) in [4.78, 5) is 18.2. The maximum atomic E-state index is 12.9. The summed E-state index contributed by atoms with van der Waals surface area (Å²) in [5.41, 5.74) is 4.01. The summed E-state index contributed by atoms with van der Waals surface area (Å²) in [7, 11) is -0.448. The van der Waals surface area contributed by atoms with Crippen LogP contribution in [-0.4, -0.2) is 49.2 Å². The molecule has 0 fully saturated rings. The standard InChI is InChI=1S/C21H23N3O3S/c1-23(2)28(26,27)18-8-7-15-9-10-24(14-17(15)11-18)21(25)12-16-13-22-20-6-4-3-5-19(16)20/h3-8,11,13,22H,9-10,12,14H2,1-2H3. The van der Waals surface area contributed by atoms with Crippen LogP contribution in [0.4, 0.5) is 0 Å². The second kappa shape index (κ2) is 7.07. The van der Waals surface area contributed by atoms with E-state index in [1.165, 1.54) is 18.4 Å². The highest BCUT2D eigenvalue weighted by Gasteiger charge is 2.24. The minimum atomic E-state index is -3.49. The first-order chi connectivity index (χ1) is 13.4. The van der Waals surface area contributed by atoms with Crippen molar-refractivity contribution in [2.24, 2.45) is 0 Å². The molecule has 6 nitrogen and oxygen atoms in total. The first kappa shape index (κ1) is 18.7. The van der Waals surface area contributed by atoms with E-state index in [-0.39, 0.29) is 10.8 Å². The predicted octanol–water partition coefficient (Wildman–Crippen LogP) is 2.55. The van der Waals surface area contributed by atoms with E-state index < -0.39 is 10.0 Å². The second-order valence-electron chi connectivity index (χ2n) is 7.32. The monoisotopic (exact) mass is 397 g/mol. The summed E-state index contributed by atoms with van der Waals surface area (Å²) < 4.78 is 26.0. The van der Waals surface area contributed by atoms with Crippen LogP contribution < -0.4 is 0 Å². The molecule has 1 aromatic heterocycles. The van der Waals surface area contributed by atoms with Crippen LogP contribution in [0, 0.1) is 0 Å². The Hall–Kier alpha value is -2.64. The molecule has 0 aliphatic carbocycles. The quantitative estimate of drug-likeness (QED) is 0.735. The Morgan fingerprint density at radius 2 is 1.93 bits per heavy atom. The Bertz CT molecular complexity index is 1150. The fraction of sp³-hybridized carbons (Fsp3) is 0.286. The molecule has 0 radical (unpaired) electrons. The lowest BCUT2D eigenvalue weighted by molar-refractivity contribution is -0.131. The Morgan fingerprint density at radius 3 is 2.71 bits per heavy atom. The van der Waals surface area contributed by atoms with Crippen LogP contribution in [0.3, 0.4) is 0 Å². The molecular weight excluding hydrogens is 374 g/mol. The van der Waals surface area contributed by atoms with Crippen molar-refractivity contribution in [3.8, 4) is 0 Å². The summed E-state index contributed by atoms with van der Waals surface area (Å²) in [6.07, 6.45) is 2.95. The van der Waals surface area contributed by atoms with Gasteiger partial charge in [0.2, 0.25) is 15.9 Å². The summed E-state index contributed by atoms with van der Waals surface area (Å²) in [5, 5.41) is 1.06. The molecule has 0 saturated carbocycles. The van der Waals surface area contributed by atoms with Crippen molar-refractivity contribution in [3.63, 3.8) is 0 Å². The lowest BCUT2D eigenvalue weighted by atomic mass is 9.99. The molecule has 146 valence electrons. The summed E-state index contributed by atoms with van der Waals surface area (Å²) in [6.45, 7) is 1.08. The fourth-order valence-corrected chi connectivity index (χ4v) is 4.62. The lowest BCUT2D eigenvalue weighted by Gasteiger charge is -2.29. The molecule has 1 N–H and O–H groups in total. The number of H-pyrrole nitrogens is 1. The van der Waals surface area contributed by atoms with Gasteiger partial charge in [-0.25, -0.2) is 12.7 Å². The molecule has 3 aromatic rings. The van der Waals surface area contributed by atoms with Gasteiger partial charge in [0.25, 0.3) is 0 Å². The molecular formula is C21H23N3O3S. The molecule has 28 heavy (non-hydrogen) atoms. The number of carbonyl (C=O) groups excluding carboxylic acids is 1. The molecule has 0 unspecified atom stereocenters. The minimum Gasteiger partial charge on any atom is -0.361 e. The van der Waals surface area contributed by atoms with Gasteiger partial charge in [-0.1, -0.05) is 24.3 Å². The average molecular weight is 398 g/mol. The third-order valence-corrected chi connectivity index (χ3v) is 7.15. The molecule has 0 saturated heterocycles. The van der Waals surface area contributed by atoms with E-state index in [0.29, 0.717) is 19.5 Å². The Morgan fingerprint density at radius 1 is 1.14 bits per heavy atom. The second-order valence-corrected chi connectivity index (χ2v) is 9.47. The van der Waals surface area contributed by atoms with Gasteiger partial charge in [-0.05, 0) is 41.3 Å². The van der Waals surface area contributed by atoms with Gasteiger partial charge < -0.3 is 9.88 Å². The first-order valence-electron chi connectivity index (χ1n) is 9.23. The number of hydrogen-bond acceptors (Lipinski definition) is 3. The molecule has 0 atom stereocenters. The molecule has 4 rings (SSSR count). The van der Waals surface area contributed by atoms with Crippen LogP contribution in [0.15, 0.2) is 53.6 Å². The number of para-hydroxylation sites is 1. The summed E-state index contributed by atoms with van der Waals surface area (Å²) in [5.74, 6) is 0.0521. The topological polar surface area (TPSA) is 73.5 Å². The zero-order valence-electron chi connectivity index (χ0n) is 16.0. The number of nitrogens with one attached hydrogen (secondary N) is 1. The van der Waals surface area contributed by atoms with Crippen molar-refractivity contribution >= 4 is 26.8 Å². The van der Waals surface area contributed by atoms with E-state index in [9.17, 15) is 13.2 Å². The molecule has 2 heterocycles. The molecule has 1 aliphatic heterocycles. The number of nitrogens with zero attached hydrogens (tertiary/aromatic N) is 2. The Kier molecular flexibility index (Phi) is 4.72. The van der Waals surface area contributed by atoms with Gasteiger partial charge in [0.15, 0.2) is 0 Å². The number of carbonyl (C=O) groups is 1. The third kappa shape index (κ3) is 3.31. The largest absolute Gasteiger partial charge is 0.361 e. The molecule has 2 aromatic carbocycles. The van der Waals surface area contributed by atoms with Crippen molar-refractivity contribution < 1.29 is 13.2 Å². The molecule has 1 amide bonds. The van der Waals surface area contributed by atoms with Gasteiger partial charge in [-0.3, -0.25) is 4.79 Å². The normalized spacial score (nSPS) is 14.5. The van der Waals surface area contributed by atoms with E-state index >= 15 is 0 Å². The van der Waals surface area contributed by atoms with Gasteiger partial charge >= 0.3 is 0 Å². The number of aromatic nitrogens is 1. The van der Waals surface area contributed by atoms with E-state index in [0.717, 1.165) is 34.0 Å². The fourth-order valence-electron chi connectivity index (χ4n) is 3.67. The van der Waals surface area contributed by atoms with Crippen LogP contribution >= 0.6 is 0 Å². The van der Waals surface area contributed by atoms with Gasteiger partial charge in [0.1, 0.15) is 0 Å². The van der Waals surface area contributed by atoms with E-state index in [1.54, 1.807) is 12.1 Å². The predicted molar refractivity (Wildman–Crippen MR) is 108 cm³/mol. The van der Waals surface area contributed by atoms with Gasteiger partial charge in [-0.2, -0.15) is 0 Å². The van der Waals surface area contributed by atoms with Gasteiger partial charge in [0.05, 0.1) is 11.3 Å². The number of aromatic amines is 1. The van der Waals surface area contributed by atoms with Crippen LogP contribution in [0.5, 0.6) is 0 Å². The van der Waals surface area contributed by atoms with Gasteiger partial charge in [-0.15, -0.1) is 0 Å². The zero-order chi connectivity index (χ0) is 19.9. The van der Waals surface area contributed by atoms with E-state index in [1.807, 2.05) is 41.4 Å². The number of amides is 1. The SMILES string of the molecule is CN(C)S(=O)(=O)c1ccc2c(c1)CN(C(=O)Cc1c[nH]c3ccccc13)CC2. The number of fused-ring (bicyclic) bond motifs is 2. The minimum absolute atomic E-state index is 0.0521. The highest BCUT2D eigenvalue weighted by atomic mass is 32.2. The highest BCUT2D eigenvalue weighted by molar-refractivity contribution is 7.89. The van der Waals surface area contributed by atoms with Gasteiger partial charge in [0, 0.05) is 44.3 Å². The Labute approximate surface area is 164 Å². The summed E-state index contributed by atoms with van der Waals surface area (Å²) >= 11 is 0. The van der Waals surface area contributed by atoms with Crippen LogP contribution in [-0.2, 0) is 34.2 Å². The number of benzene rings is 2. The van der Waals surface area contributed by atoms with Crippen molar-refractivity contribution in [1.82, 2.24) is 14.2 Å². The summed E-state index contributed by atoms with van der Waals surface area (Å²) in [6, 6.07) is 13.2. The smallest absolute Gasteiger partial charge is 0.242 e. The van der Waals surface area contributed by atoms with Crippen LogP contribution in [0.1, 0.15) is 16.7 Å². The molecule has 0 bridgehead atoms. The van der Waals surface area contributed by atoms with Crippen molar-refractivity contribution in [2.75, 3.05) is 20.6 Å². The molecule has 0 spiro atoms. The first-order valence-corrected chi connectivity index (χ1v) is 10.7. The Balaban J connectivity index is 1.55. The van der Waals surface area contributed by atoms with Crippen LogP contribution in [0.25, 0.3) is 10.9 Å². The van der Waals surface area contributed by atoms with Crippen LogP contribution in [0.2, 0.25) is 0 Å². The number of hydrogen-bond donors (Lipinski definition) is 1. The molecule has 7 heteroatoms. The zero-order valence-corrected chi connectivity index (χ0v) is 16.8. The maximum absolute atomic E-state index is 12.9.